The van der Waals surface area contributed by atoms with Crippen LogP contribution in [0.25, 0.3) is 0 Å². The highest BCUT2D eigenvalue weighted by Gasteiger charge is 2.32. The van der Waals surface area contributed by atoms with Gasteiger partial charge < -0.3 is 10.2 Å². The third kappa shape index (κ3) is 3.43. The van der Waals surface area contributed by atoms with Crippen molar-refractivity contribution in [3.63, 3.8) is 0 Å². The van der Waals surface area contributed by atoms with Crippen molar-refractivity contribution in [1.82, 2.24) is 20.4 Å². The van der Waals surface area contributed by atoms with Crippen LogP contribution in [-0.2, 0) is 4.79 Å². The van der Waals surface area contributed by atoms with Gasteiger partial charge in [-0.05, 0) is 24.8 Å². The molecule has 0 aromatic carbocycles. The molecule has 2 aliphatic rings. The lowest BCUT2D eigenvalue weighted by molar-refractivity contribution is -0.128. The van der Waals surface area contributed by atoms with Crippen molar-refractivity contribution in [2.24, 2.45) is 5.92 Å². The third-order valence-corrected chi connectivity index (χ3v) is 4.50. The number of hydrogen-bond acceptors (Lipinski definition) is 3. The fourth-order valence-corrected chi connectivity index (χ4v) is 3.37. The van der Waals surface area contributed by atoms with Crippen LogP contribution in [0.2, 0.25) is 0 Å². The fourth-order valence-electron chi connectivity index (χ4n) is 3.37. The van der Waals surface area contributed by atoms with Crippen molar-refractivity contribution in [2.45, 2.75) is 44.6 Å². The molecular formula is C15H22N4O2. The number of carbonyl (C=O) groups excluding carboxylic acids is 2. The van der Waals surface area contributed by atoms with E-state index in [1.165, 1.54) is 32.1 Å². The molecule has 3 rings (SSSR count). The molecule has 1 aromatic heterocycles. The summed E-state index contributed by atoms with van der Waals surface area (Å²) in [5, 5.41) is 9.31. The summed E-state index contributed by atoms with van der Waals surface area (Å²) in [5.41, 5.74) is 0.438. The van der Waals surface area contributed by atoms with Gasteiger partial charge in [-0.2, -0.15) is 5.10 Å². The van der Waals surface area contributed by atoms with Crippen molar-refractivity contribution in [2.75, 3.05) is 13.1 Å². The zero-order valence-electron chi connectivity index (χ0n) is 12.2. The van der Waals surface area contributed by atoms with Crippen LogP contribution in [0.5, 0.6) is 0 Å². The van der Waals surface area contributed by atoms with E-state index in [4.69, 9.17) is 0 Å². The Labute approximate surface area is 124 Å². The summed E-state index contributed by atoms with van der Waals surface area (Å²) in [6, 6.07) is 1.54. The summed E-state index contributed by atoms with van der Waals surface area (Å²) in [6.45, 7) is 1.49. The number of H-pyrrole nitrogens is 1. The predicted octanol–water partition coefficient (Wildman–Crippen LogP) is 1.32. The van der Waals surface area contributed by atoms with Crippen LogP contribution in [-0.4, -0.2) is 46.0 Å². The van der Waals surface area contributed by atoms with Crippen molar-refractivity contribution in [3.05, 3.63) is 18.0 Å². The Morgan fingerprint density at radius 1 is 1.38 bits per heavy atom. The van der Waals surface area contributed by atoms with Crippen LogP contribution < -0.4 is 5.32 Å². The molecule has 1 atom stereocenters. The lowest BCUT2D eigenvalue weighted by Crippen LogP contribution is -2.38. The minimum absolute atomic E-state index is 0.0862. The van der Waals surface area contributed by atoms with Crippen molar-refractivity contribution >= 4 is 11.8 Å². The minimum atomic E-state index is -0.190. The first-order valence-corrected chi connectivity index (χ1v) is 7.80. The molecule has 0 spiro atoms. The number of carbonyl (C=O) groups is 2. The largest absolute Gasteiger partial charge is 0.346 e. The first kappa shape index (κ1) is 14.1. The molecule has 0 unspecified atom stereocenters. The first-order valence-electron chi connectivity index (χ1n) is 7.80. The van der Waals surface area contributed by atoms with Gasteiger partial charge in [0.25, 0.3) is 5.91 Å². The maximum Gasteiger partial charge on any atom is 0.269 e. The van der Waals surface area contributed by atoms with E-state index < -0.39 is 0 Å². The number of likely N-dealkylation sites (tertiary alicyclic amines) is 1. The van der Waals surface area contributed by atoms with Crippen LogP contribution in [0.15, 0.2) is 12.3 Å². The van der Waals surface area contributed by atoms with E-state index in [1.54, 1.807) is 12.3 Å². The summed E-state index contributed by atoms with van der Waals surface area (Å²) >= 11 is 0. The fraction of sp³-hybridized carbons (Fsp3) is 0.667. The monoisotopic (exact) mass is 290 g/mol. The minimum Gasteiger partial charge on any atom is -0.346 e. The van der Waals surface area contributed by atoms with Gasteiger partial charge in [-0.3, -0.25) is 14.7 Å². The Hall–Kier alpha value is -1.85. The standard InChI is InChI=1S/C15H22N4O2/c20-14-8-12(17-15(21)13-6-7-16-18-13)10-19(14)9-11-4-2-1-3-5-11/h6-7,11-12H,1-5,8-10H2,(H,16,18)(H,17,21)/t12-/m0/s1. The molecule has 114 valence electrons. The number of rotatable bonds is 4. The molecule has 2 amide bonds. The average Bonchev–Trinajstić information content (AvgIpc) is 3.11. The van der Waals surface area contributed by atoms with Crippen LogP contribution in [0.3, 0.4) is 0 Å². The molecule has 1 aliphatic heterocycles. The molecule has 2 heterocycles. The number of aromatic nitrogens is 2. The van der Waals surface area contributed by atoms with Gasteiger partial charge in [0.1, 0.15) is 5.69 Å². The summed E-state index contributed by atoms with van der Waals surface area (Å²) < 4.78 is 0. The van der Waals surface area contributed by atoms with Gasteiger partial charge in [0.05, 0.1) is 6.04 Å². The van der Waals surface area contributed by atoms with E-state index in [1.807, 2.05) is 4.90 Å². The molecule has 6 heteroatoms. The summed E-state index contributed by atoms with van der Waals surface area (Å²) in [6.07, 6.45) is 8.31. The zero-order chi connectivity index (χ0) is 14.7. The lowest BCUT2D eigenvalue weighted by atomic mass is 9.89. The smallest absolute Gasteiger partial charge is 0.269 e. The molecule has 21 heavy (non-hydrogen) atoms. The van der Waals surface area contributed by atoms with Gasteiger partial charge >= 0.3 is 0 Å². The number of nitrogens with zero attached hydrogens (tertiary/aromatic N) is 2. The van der Waals surface area contributed by atoms with Gasteiger partial charge in [0.2, 0.25) is 5.91 Å². The highest BCUT2D eigenvalue weighted by Crippen LogP contribution is 2.26. The van der Waals surface area contributed by atoms with E-state index in [2.05, 4.69) is 15.5 Å². The molecule has 0 bridgehead atoms. The van der Waals surface area contributed by atoms with Crippen molar-refractivity contribution in [1.29, 1.82) is 0 Å². The Kier molecular flexibility index (Phi) is 4.22. The zero-order valence-corrected chi connectivity index (χ0v) is 12.2. The van der Waals surface area contributed by atoms with Crippen LogP contribution in [0, 0.1) is 5.92 Å². The van der Waals surface area contributed by atoms with E-state index in [9.17, 15) is 9.59 Å². The van der Waals surface area contributed by atoms with Gasteiger partial charge in [-0.1, -0.05) is 19.3 Å². The maximum absolute atomic E-state index is 12.1. The molecule has 0 radical (unpaired) electrons. The first-order chi connectivity index (χ1) is 10.2. The Balaban J connectivity index is 1.51. The Bertz CT molecular complexity index is 494. The van der Waals surface area contributed by atoms with E-state index in [-0.39, 0.29) is 17.9 Å². The molecule has 1 saturated carbocycles. The summed E-state index contributed by atoms with van der Waals surface area (Å²) in [5.74, 6) is 0.616. The van der Waals surface area contributed by atoms with Crippen molar-refractivity contribution < 1.29 is 9.59 Å². The molecule has 1 aromatic rings. The second kappa shape index (κ2) is 6.28. The Morgan fingerprint density at radius 2 is 2.19 bits per heavy atom. The van der Waals surface area contributed by atoms with Gasteiger partial charge in [0.15, 0.2) is 0 Å². The molecule has 2 fully saturated rings. The van der Waals surface area contributed by atoms with E-state index in [0.717, 1.165) is 6.54 Å². The summed E-state index contributed by atoms with van der Waals surface area (Å²) in [4.78, 5) is 26.0. The number of aromatic amines is 1. The third-order valence-electron chi connectivity index (χ3n) is 4.50. The number of hydrogen-bond donors (Lipinski definition) is 2. The molecule has 1 aliphatic carbocycles. The normalized spacial score (nSPS) is 23.5. The van der Waals surface area contributed by atoms with Crippen molar-refractivity contribution in [3.8, 4) is 0 Å². The highest BCUT2D eigenvalue weighted by molar-refractivity contribution is 5.93. The topological polar surface area (TPSA) is 78.1 Å². The SMILES string of the molecule is O=C(N[C@H]1CC(=O)N(CC2CCCCC2)C1)c1ccn[nH]1. The summed E-state index contributed by atoms with van der Waals surface area (Å²) in [7, 11) is 0. The van der Waals surface area contributed by atoms with Crippen LogP contribution >= 0.6 is 0 Å². The molecule has 1 saturated heterocycles. The van der Waals surface area contributed by atoms with Gasteiger partial charge in [-0.15, -0.1) is 0 Å². The quantitative estimate of drug-likeness (QED) is 0.878. The molecule has 2 N–H and O–H groups in total. The molecular weight excluding hydrogens is 268 g/mol. The van der Waals surface area contributed by atoms with E-state index in [0.29, 0.717) is 24.6 Å². The van der Waals surface area contributed by atoms with Gasteiger partial charge in [0, 0.05) is 25.7 Å². The number of nitrogens with one attached hydrogen (secondary N) is 2. The number of amides is 2. The lowest BCUT2D eigenvalue weighted by Gasteiger charge is -2.27. The Morgan fingerprint density at radius 3 is 2.90 bits per heavy atom. The predicted molar refractivity (Wildman–Crippen MR) is 77.6 cm³/mol. The van der Waals surface area contributed by atoms with Crippen LogP contribution in [0.1, 0.15) is 49.0 Å². The maximum atomic E-state index is 12.1. The van der Waals surface area contributed by atoms with Crippen LogP contribution in [0.4, 0.5) is 0 Å². The molecule has 6 nitrogen and oxygen atoms in total. The van der Waals surface area contributed by atoms with Gasteiger partial charge in [-0.25, -0.2) is 0 Å². The second-order valence-electron chi connectivity index (χ2n) is 6.15. The highest BCUT2D eigenvalue weighted by atomic mass is 16.2. The second-order valence-corrected chi connectivity index (χ2v) is 6.15. The average molecular weight is 290 g/mol. The van der Waals surface area contributed by atoms with E-state index >= 15 is 0 Å².